The molecule has 0 unspecified atom stereocenters. The third-order valence-corrected chi connectivity index (χ3v) is 5.51. The third-order valence-electron chi connectivity index (χ3n) is 3.38. The van der Waals surface area contributed by atoms with E-state index in [1.165, 1.54) is 0 Å². The summed E-state index contributed by atoms with van der Waals surface area (Å²) in [6.45, 7) is 7.63. The quantitative estimate of drug-likeness (QED) is 0.875. The van der Waals surface area contributed by atoms with Gasteiger partial charge in [0, 0.05) is 19.1 Å². The van der Waals surface area contributed by atoms with Gasteiger partial charge in [0.25, 0.3) is 0 Å². The van der Waals surface area contributed by atoms with Gasteiger partial charge in [0.15, 0.2) is 0 Å². The van der Waals surface area contributed by atoms with Crippen LogP contribution in [0.25, 0.3) is 0 Å². The first-order valence-corrected chi connectivity index (χ1v) is 8.74. The highest BCUT2D eigenvalue weighted by Gasteiger charge is 2.38. The molecule has 116 valence electrons. The van der Waals surface area contributed by atoms with E-state index in [0.29, 0.717) is 22.6 Å². The third kappa shape index (κ3) is 4.07. The van der Waals surface area contributed by atoms with Crippen LogP contribution in [0.5, 0.6) is 0 Å². The predicted octanol–water partition coefficient (Wildman–Crippen LogP) is 3.95. The highest BCUT2D eigenvalue weighted by atomic mass is 35.5. The lowest BCUT2D eigenvalue weighted by Gasteiger charge is -2.25. The maximum absolute atomic E-state index is 12.3. The number of benzene rings is 1. The number of nitrogens with zero attached hydrogens (tertiary/aromatic N) is 1. The molecule has 1 amide bonds. The number of carbonyl (C=O) groups excluding carboxylic acids is 1. The van der Waals surface area contributed by atoms with Gasteiger partial charge in [0.2, 0.25) is 5.91 Å². The van der Waals surface area contributed by atoms with E-state index in [0.717, 1.165) is 12.1 Å². The number of halogens is 2. The second kappa shape index (κ2) is 7.23. The first kappa shape index (κ1) is 16.9. The fourth-order valence-electron chi connectivity index (χ4n) is 2.30. The van der Waals surface area contributed by atoms with Crippen LogP contribution in [0.15, 0.2) is 18.2 Å². The Bertz CT molecular complexity index is 524. The molecule has 0 saturated carbocycles. The van der Waals surface area contributed by atoms with E-state index in [2.05, 4.69) is 19.2 Å². The number of hydrogen-bond acceptors (Lipinski definition) is 3. The number of nitrogens with one attached hydrogen (secondary N) is 1. The summed E-state index contributed by atoms with van der Waals surface area (Å²) in [6, 6.07) is 6.00. The van der Waals surface area contributed by atoms with Crippen LogP contribution in [0.2, 0.25) is 10.0 Å². The van der Waals surface area contributed by atoms with Crippen LogP contribution in [-0.2, 0) is 4.79 Å². The van der Waals surface area contributed by atoms with Crippen molar-refractivity contribution in [2.24, 2.45) is 0 Å². The van der Waals surface area contributed by atoms with E-state index in [1.54, 1.807) is 17.8 Å². The number of amides is 1. The SMILES string of the molecule is CC(C)NCCN1C(=O)[C@H](C)S[C@@H]1c1ccc(Cl)c(Cl)c1. The van der Waals surface area contributed by atoms with Gasteiger partial charge in [-0.3, -0.25) is 4.79 Å². The average Bonchev–Trinajstić information content (AvgIpc) is 2.70. The van der Waals surface area contributed by atoms with E-state index < -0.39 is 0 Å². The maximum Gasteiger partial charge on any atom is 0.236 e. The number of thioether (sulfide) groups is 1. The van der Waals surface area contributed by atoms with Crippen LogP contribution in [0.3, 0.4) is 0 Å². The minimum absolute atomic E-state index is 0.0104. The van der Waals surface area contributed by atoms with Crippen molar-refractivity contribution in [1.29, 1.82) is 0 Å². The summed E-state index contributed by atoms with van der Waals surface area (Å²) in [5.74, 6) is 0.182. The molecule has 0 spiro atoms. The fraction of sp³-hybridized carbons (Fsp3) is 0.533. The van der Waals surface area contributed by atoms with Crippen LogP contribution in [-0.4, -0.2) is 35.2 Å². The molecular weight excluding hydrogens is 327 g/mol. The van der Waals surface area contributed by atoms with Crippen molar-refractivity contribution in [3.63, 3.8) is 0 Å². The molecule has 1 N–H and O–H groups in total. The molecular formula is C15H20Cl2N2OS. The first-order chi connectivity index (χ1) is 9.90. The molecule has 1 aliphatic rings. The average molecular weight is 347 g/mol. The largest absolute Gasteiger partial charge is 0.324 e. The van der Waals surface area contributed by atoms with E-state index in [1.807, 2.05) is 24.0 Å². The molecule has 0 aromatic heterocycles. The summed E-state index contributed by atoms with van der Waals surface area (Å²) in [5, 5.41) is 4.40. The highest BCUT2D eigenvalue weighted by Crippen LogP contribution is 2.43. The van der Waals surface area contributed by atoms with Gasteiger partial charge in [-0.25, -0.2) is 0 Å². The van der Waals surface area contributed by atoms with Crippen molar-refractivity contribution in [3.8, 4) is 0 Å². The molecule has 1 saturated heterocycles. The zero-order valence-corrected chi connectivity index (χ0v) is 14.7. The zero-order chi connectivity index (χ0) is 15.6. The van der Waals surface area contributed by atoms with Crippen LogP contribution >= 0.6 is 35.0 Å². The summed E-state index contributed by atoms with van der Waals surface area (Å²) in [5.41, 5.74) is 1.02. The van der Waals surface area contributed by atoms with Gasteiger partial charge in [-0.2, -0.15) is 0 Å². The van der Waals surface area contributed by atoms with Crippen molar-refractivity contribution < 1.29 is 4.79 Å². The lowest BCUT2D eigenvalue weighted by atomic mass is 10.2. The van der Waals surface area contributed by atoms with Gasteiger partial charge in [0.05, 0.1) is 15.3 Å². The summed E-state index contributed by atoms with van der Waals surface area (Å²) >= 11 is 13.7. The van der Waals surface area contributed by atoms with E-state index in [9.17, 15) is 4.79 Å². The Labute approximate surface area is 140 Å². The molecule has 21 heavy (non-hydrogen) atoms. The summed E-state index contributed by atoms with van der Waals surface area (Å²) in [4.78, 5) is 14.3. The number of rotatable bonds is 5. The Balaban J connectivity index is 2.15. The van der Waals surface area contributed by atoms with Crippen LogP contribution < -0.4 is 5.32 Å². The summed E-state index contributed by atoms with van der Waals surface area (Å²) < 4.78 is 0. The lowest BCUT2D eigenvalue weighted by Crippen LogP contribution is -2.38. The van der Waals surface area contributed by atoms with Crippen molar-refractivity contribution in [1.82, 2.24) is 10.2 Å². The topological polar surface area (TPSA) is 32.3 Å². The second-order valence-corrected chi connectivity index (χ2v) is 7.68. The summed E-state index contributed by atoms with van der Waals surface area (Å²) in [6.07, 6.45) is 0. The van der Waals surface area contributed by atoms with Gasteiger partial charge in [0.1, 0.15) is 5.37 Å². The molecule has 0 aliphatic carbocycles. The molecule has 2 rings (SSSR count). The highest BCUT2D eigenvalue weighted by molar-refractivity contribution is 8.01. The summed E-state index contributed by atoms with van der Waals surface area (Å²) in [7, 11) is 0. The Hall–Kier alpha value is -0.420. The number of hydrogen-bond donors (Lipinski definition) is 1. The van der Waals surface area contributed by atoms with Crippen LogP contribution in [0.4, 0.5) is 0 Å². The molecule has 0 radical (unpaired) electrons. The molecule has 6 heteroatoms. The Kier molecular flexibility index (Phi) is 5.83. The molecule has 1 fully saturated rings. The van der Waals surface area contributed by atoms with Crippen molar-refractivity contribution >= 4 is 40.9 Å². The fourth-order valence-corrected chi connectivity index (χ4v) is 3.90. The molecule has 0 bridgehead atoms. The van der Waals surface area contributed by atoms with Crippen molar-refractivity contribution in [2.45, 2.75) is 37.4 Å². The Morgan fingerprint density at radius 3 is 2.67 bits per heavy atom. The van der Waals surface area contributed by atoms with E-state index in [4.69, 9.17) is 23.2 Å². The molecule has 2 atom stereocenters. The van der Waals surface area contributed by atoms with E-state index >= 15 is 0 Å². The minimum atomic E-state index is -0.0245. The standard InChI is InChI=1S/C15H20Cl2N2OS/c1-9(2)18-6-7-19-14(20)10(3)21-15(19)11-4-5-12(16)13(17)8-11/h4-5,8-10,15,18H,6-7H2,1-3H3/t10-,15+/m0/s1. The first-order valence-electron chi connectivity index (χ1n) is 7.04. The lowest BCUT2D eigenvalue weighted by molar-refractivity contribution is -0.129. The van der Waals surface area contributed by atoms with Gasteiger partial charge >= 0.3 is 0 Å². The predicted molar refractivity (Wildman–Crippen MR) is 91.1 cm³/mol. The van der Waals surface area contributed by atoms with Gasteiger partial charge in [-0.05, 0) is 24.6 Å². The smallest absolute Gasteiger partial charge is 0.236 e. The van der Waals surface area contributed by atoms with Gasteiger partial charge < -0.3 is 10.2 Å². The second-order valence-electron chi connectivity index (χ2n) is 5.44. The van der Waals surface area contributed by atoms with Crippen LogP contribution in [0, 0.1) is 0 Å². The maximum atomic E-state index is 12.3. The van der Waals surface area contributed by atoms with E-state index in [-0.39, 0.29) is 16.5 Å². The van der Waals surface area contributed by atoms with Gasteiger partial charge in [-0.15, -0.1) is 11.8 Å². The molecule has 1 aromatic carbocycles. The minimum Gasteiger partial charge on any atom is -0.324 e. The van der Waals surface area contributed by atoms with Gasteiger partial charge in [-0.1, -0.05) is 43.1 Å². The van der Waals surface area contributed by atoms with Crippen LogP contribution in [0.1, 0.15) is 31.7 Å². The monoisotopic (exact) mass is 346 g/mol. The zero-order valence-electron chi connectivity index (χ0n) is 12.4. The number of carbonyl (C=O) groups is 1. The van der Waals surface area contributed by atoms with Crippen molar-refractivity contribution in [2.75, 3.05) is 13.1 Å². The van der Waals surface area contributed by atoms with Crippen molar-refractivity contribution in [3.05, 3.63) is 33.8 Å². The normalized spacial score (nSPS) is 22.4. The molecule has 3 nitrogen and oxygen atoms in total. The Morgan fingerprint density at radius 2 is 2.05 bits per heavy atom. The molecule has 1 aromatic rings. The molecule has 1 aliphatic heterocycles. The molecule has 1 heterocycles. The Morgan fingerprint density at radius 1 is 1.33 bits per heavy atom.